The first-order valence-electron chi connectivity index (χ1n) is 10.4. The zero-order valence-electron chi connectivity index (χ0n) is 16.9. The molecule has 0 bridgehead atoms. The van der Waals surface area contributed by atoms with E-state index in [2.05, 4.69) is 12.2 Å². The summed E-state index contributed by atoms with van der Waals surface area (Å²) in [4.78, 5) is 40.5. The van der Waals surface area contributed by atoms with Crippen LogP contribution in [0.4, 0.5) is 11.4 Å². The van der Waals surface area contributed by atoms with Crippen LogP contribution in [0.2, 0.25) is 0 Å². The van der Waals surface area contributed by atoms with Gasteiger partial charge in [-0.05, 0) is 55.4 Å². The molecule has 29 heavy (non-hydrogen) atoms. The van der Waals surface area contributed by atoms with Gasteiger partial charge in [0.2, 0.25) is 11.8 Å². The lowest BCUT2D eigenvalue weighted by molar-refractivity contribution is -0.122. The number of para-hydroxylation sites is 2. The highest BCUT2D eigenvalue weighted by atomic mass is 16.2. The number of hydrogen-bond acceptors (Lipinski definition) is 3. The van der Waals surface area contributed by atoms with Crippen LogP contribution >= 0.6 is 0 Å². The van der Waals surface area contributed by atoms with E-state index in [1.807, 2.05) is 31.2 Å². The maximum Gasteiger partial charge on any atom is 0.257 e. The third-order valence-corrected chi connectivity index (χ3v) is 6.22. The zero-order valence-corrected chi connectivity index (χ0v) is 16.9. The lowest BCUT2D eigenvalue weighted by atomic mass is 9.76. The first-order valence-corrected chi connectivity index (χ1v) is 10.4. The second-order valence-electron chi connectivity index (χ2n) is 8.13. The van der Waals surface area contributed by atoms with E-state index in [1.54, 1.807) is 24.3 Å². The molecule has 2 aliphatic rings. The van der Waals surface area contributed by atoms with Crippen LogP contribution in [0.3, 0.4) is 0 Å². The normalized spacial score (nSPS) is 23.8. The lowest BCUT2D eigenvalue weighted by Gasteiger charge is -2.25. The van der Waals surface area contributed by atoms with Gasteiger partial charge in [-0.2, -0.15) is 0 Å². The summed E-state index contributed by atoms with van der Waals surface area (Å²) in [7, 11) is 0. The molecule has 150 valence electrons. The summed E-state index contributed by atoms with van der Waals surface area (Å²) in [6, 6.07) is 14.5. The Labute approximate surface area is 171 Å². The second-order valence-corrected chi connectivity index (χ2v) is 8.13. The molecule has 1 N–H and O–H groups in total. The molecule has 0 spiro atoms. The number of fused-ring (bicyclic) bond motifs is 1. The summed E-state index contributed by atoms with van der Waals surface area (Å²) in [5, 5.41) is 2.95. The van der Waals surface area contributed by atoms with Crippen molar-refractivity contribution < 1.29 is 14.4 Å². The number of aryl methyl sites for hydroxylation is 1. The second kappa shape index (κ2) is 7.82. The molecular formula is C24H26N2O3. The molecule has 1 aliphatic carbocycles. The molecule has 1 heterocycles. The fourth-order valence-electron chi connectivity index (χ4n) is 4.63. The van der Waals surface area contributed by atoms with Gasteiger partial charge in [-0.3, -0.25) is 14.4 Å². The van der Waals surface area contributed by atoms with E-state index >= 15 is 0 Å². The van der Waals surface area contributed by atoms with Crippen LogP contribution in [0.5, 0.6) is 0 Å². The summed E-state index contributed by atoms with van der Waals surface area (Å²) in [6.07, 6.45) is 3.24. The van der Waals surface area contributed by atoms with Gasteiger partial charge < -0.3 is 5.32 Å². The van der Waals surface area contributed by atoms with Crippen LogP contribution in [-0.4, -0.2) is 17.7 Å². The molecule has 4 rings (SSSR count). The van der Waals surface area contributed by atoms with Gasteiger partial charge >= 0.3 is 0 Å². The summed E-state index contributed by atoms with van der Waals surface area (Å²) in [6.45, 7) is 4.16. The van der Waals surface area contributed by atoms with Crippen LogP contribution in [0, 0.1) is 17.8 Å². The number of hydrogen-bond donors (Lipinski definition) is 1. The van der Waals surface area contributed by atoms with Crippen LogP contribution in [0.25, 0.3) is 0 Å². The minimum absolute atomic E-state index is 0.166. The molecule has 0 radical (unpaired) electrons. The molecule has 2 aromatic carbocycles. The quantitative estimate of drug-likeness (QED) is 0.786. The molecule has 1 saturated carbocycles. The molecular weight excluding hydrogens is 364 g/mol. The van der Waals surface area contributed by atoms with Crippen LogP contribution in [0.15, 0.2) is 48.5 Å². The van der Waals surface area contributed by atoms with Gasteiger partial charge in [0, 0.05) is 5.69 Å². The Balaban J connectivity index is 1.66. The molecule has 0 aromatic heterocycles. The average molecular weight is 390 g/mol. The van der Waals surface area contributed by atoms with Crippen LogP contribution in [0.1, 0.15) is 49.0 Å². The Bertz CT molecular complexity index is 968. The highest BCUT2D eigenvalue weighted by Gasteiger charge is 2.50. The number of anilines is 2. The number of rotatable bonds is 4. The minimum Gasteiger partial charge on any atom is -0.322 e. The van der Waals surface area contributed by atoms with Crippen molar-refractivity contribution in [1.29, 1.82) is 0 Å². The Morgan fingerprint density at radius 1 is 1.00 bits per heavy atom. The van der Waals surface area contributed by atoms with Gasteiger partial charge in [-0.15, -0.1) is 0 Å². The Hall–Kier alpha value is -2.95. The molecule has 0 unspecified atom stereocenters. The van der Waals surface area contributed by atoms with Crippen molar-refractivity contribution in [3.63, 3.8) is 0 Å². The number of imide groups is 1. The number of benzene rings is 2. The number of carbonyl (C=O) groups excluding carboxylic acids is 3. The van der Waals surface area contributed by atoms with Crippen molar-refractivity contribution in [1.82, 2.24) is 0 Å². The van der Waals surface area contributed by atoms with Crippen molar-refractivity contribution in [2.45, 2.75) is 39.5 Å². The smallest absolute Gasteiger partial charge is 0.257 e. The first kappa shape index (κ1) is 19.4. The zero-order chi connectivity index (χ0) is 20.5. The third-order valence-electron chi connectivity index (χ3n) is 6.22. The highest BCUT2D eigenvalue weighted by molar-refractivity contribution is 6.24. The van der Waals surface area contributed by atoms with Crippen LogP contribution < -0.4 is 10.2 Å². The van der Waals surface area contributed by atoms with E-state index in [-0.39, 0.29) is 29.6 Å². The van der Waals surface area contributed by atoms with Gasteiger partial charge in [0.05, 0.1) is 23.1 Å². The maximum absolute atomic E-state index is 13.1. The maximum atomic E-state index is 13.1. The Morgan fingerprint density at radius 2 is 1.69 bits per heavy atom. The van der Waals surface area contributed by atoms with Crippen molar-refractivity contribution >= 4 is 29.1 Å². The van der Waals surface area contributed by atoms with Crippen molar-refractivity contribution in [3.05, 3.63) is 59.7 Å². The van der Waals surface area contributed by atoms with Gasteiger partial charge in [0.25, 0.3) is 5.91 Å². The summed E-state index contributed by atoms with van der Waals surface area (Å²) < 4.78 is 0. The van der Waals surface area contributed by atoms with Gasteiger partial charge in [0.1, 0.15) is 0 Å². The third kappa shape index (κ3) is 3.46. The van der Waals surface area contributed by atoms with E-state index in [0.717, 1.165) is 36.9 Å². The Kier molecular flexibility index (Phi) is 5.22. The predicted octanol–water partition coefficient (Wildman–Crippen LogP) is 4.43. The molecule has 5 nitrogen and oxygen atoms in total. The number of carbonyl (C=O) groups is 3. The summed E-state index contributed by atoms with van der Waals surface area (Å²) in [5.74, 6) is -0.719. The molecule has 1 saturated heterocycles. The van der Waals surface area contributed by atoms with E-state index < -0.39 is 0 Å². The molecule has 3 amide bonds. The topological polar surface area (TPSA) is 66.5 Å². The van der Waals surface area contributed by atoms with Gasteiger partial charge in [-0.1, -0.05) is 44.2 Å². The molecule has 2 aromatic rings. The van der Waals surface area contributed by atoms with E-state index in [0.29, 0.717) is 17.2 Å². The standard InChI is InChI=1S/C24H26N2O3/c1-3-16-8-4-6-10-20(16)25-22(27)18-9-5-7-11-21(18)26-23(28)17-13-12-15(2)14-19(17)24(26)29/h4-11,15,17,19H,3,12-14H2,1-2H3,(H,25,27)/t15-,17+,19+/m0/s1. The molecule has 3 atom stereocenters. The monoisotopic (exact) mass is 390 g/mol. The predicted molar refractivity (Wildman–Crippen MR) is 113 cm³/mol. The van der Waals surface area contributed by atoms with E-state index in [4.69, 9.17) is 0 Å². The molecule has 5 heteroatoms. The molecule has 1 aliphatic heterocycles. The lowest BCUT2D eigenvalue weighted by Crippen LogP contribution is -2.33. The summed E-state index contributed by atoms with van der Waals surface area (Å²) in [5.41, 5.74) is 2.51. The van der Waals surface area contributed by atoms with E-state index in [1.165, 1.54) is 4.90 Å². The largest absolute Gasteiger partial charge is 0.322 e. The fraction of sp³-hybridized carbons (Fsp3) is 0.375. The van der Waals surface area contributed by atoms with Gasteiger partial charge in [-0.25, -0.2) is 4.90 Å². The van der Waals surface area contributed by atoms with E-state index in [9.17, 15) is 14.4 Å². The number of nitrogens with zero attached hydrogens (tertiary/aromatic N) is 1. The Morgan fingerprint density at radius 3 is 2.48 bits per heavy atom. The minimum atomic E-state index is -0.315. The highest BCUT2D eigenvalue weighted by Crippen LogP contribution is 2.42. The average Bonchev–Trinajstić information content (AvgIpc) is 2.98. The van der Waals surface area contributed by atoms with Crippen molar-refractivity contribution in [2.24, 2.45) is 17.8 Å². The van der Waals surface area contributed by atoms with Crippen molar-refractivity contribution in [3.8, 4) is 0 Å². The summed E-state index contributed by atoms with van der Waals surface area (Å²) >= 11 is 0. The van der Waals surface area contributed by atoms with Crippen molar-refractivity contribution in [2.75, 3.05) is 10.2 Å². The van der Waals surface area contributed by atoms with Gasteiger partial charge in [0.15, 0.2) is 0 Å². The number of amides is 3. The van der Waals surface area contributed by atoms with Crippen LogP contribution in [-0.2, 0) is 16.0 Å². The molecule has 2 fully saturated rings. The number of nitrogens with one attached hydrogen (secondary N) is 1. The first-order chi connectivity index (χ1) is 14.0. The SMILES string of the molecule is CCc1ccccc1NC(=O)c1ccccc1N1C(=O)[C@@H]2CC[C@H](C)C[C@H]2C1=O. The fourth-order valence-corrected chi connectivity index (χ4v) is 4.63.